The number of rotatable bonds is 7. The summed E-state index contributed by atoms with van der Waals surface area (Å²) in [5, 5.41) is 5.34. The Morgan fingerprint density at radius 3 is 2.18 bits per heavy atom. The Morgan fingerprint density at radius 2 is 1.82 bits per heavy atom. The first-order chi connectivity index (χ1) is 7.96. The van der Waals surface area contributed by atoms with Crippen LogP contribution in [0.15, 0.2) is 0 Å². The molecule has 0 aliphatic carbocycles. The van der Waals surface area contributed by atoms with E-state index in [2.05, 4.69) is 10.6 Å². The zero-order valence-electron chi connectivity index (χ0n) is 11.2. The fourth-order valence-corrected chi connectivity index (χ4v) is 1.63. The van der Waals surface area contributed by atoms with E-state index in [0.29, 0.717) is 25.3 Å². The van der Waals surface area contributed by atoms with Crippen LogP contribution in [0, 0.1) is 11.8 Å². The Hall–Kier alpha value is -1.10. The highest BCUT2D eigenvalue weighted by Crippen LogP contribution is 2.07. The molecule has 5 nitrogen and oxygen atoms in total. The predicted octanol–water partition coefficient (Wildman–Crippen LogP) is 0.248. The summed E-state index contributed by atoms with van der Waals surface area (Å²) in [6, 6.07) is -0.465. The van der Waals surface area contributed by atoms with E-state index in [9.17, 15) is 9.59 Å². The molecule has 2 atom stereocenters. The van der Waals surface area contributed by atoms with Gasteiger partial charge in [-0.2, -0.15) is 0 Å². The van der Waals surface area contributed by atoms with E-state index in [-0.39, 0.29) is 17.7 Å². The van der Waals surface area contributed by atoms with Crippen LogP contribution in [0.3, 0.4) is 0 Å². The van der Waals surface area contributed by atoms with Crippen LogP contribution in [-0.2, 0) is 9.59 Å². The molecule has 4 N–H and O–H groups in total. The molecular formula is C12H25N3O2. The molecule has 2 unspecified atom stereocenters. The number of hydrogen-bond acceptors (Lipinski definition) is 3. The van der Waals surface area contributed by atoms with E-state index >= 15 is 0 Å². The standard InChI is InChI=1S/C12H25N3O2/c1-5-9(7-13)11(16)15-10(6-8(2)3)12(17)14-4/h8-10H,5-7,13H2,1-4H3,(H,14,17)(H,15,16). The third-order valence-corrected chi connectivity index (χ3v) is 2.73. The minimum absolute atomic E-state index is 0.135. The van der Waals surface area contributed by atoms with Gasteiger partial charge in [-0.3, -0.25) is 9.59 Å². The van der Waals surface area contributed by atoms with E-state index in [0.717, 1.165) is 0 Å². The van der Waals surface area contributed by atoms with Crippen LogP contribution in [0.5, 0.6) is 0 Å². The van der Waals surface area contributed by atoms with Crippen molar-refractivity contribution in [1.82, 2.24) is 10.6 Å². The van der Waals surface area contributed by atoms with E-state index in [1.54, 1.807) is 7.05 Å². The average Bonchev–Trinajstić information content (AvgIpc) is 2.28. The lowest BCUT2D eigenvalue weighted by atomic mass is 10.0. The van der Waals surface area contributed by atoms with Crippen molar-refractivity contribution < 1.29 is 9.59 Å². The van der Waals surface area contributed by atoms with Gasteiger partial charge in [-0.05, 0) is 18.8 Å². The molecule has 0 aromatic heterocycles. The molecule has 0 aliphatic heterocycles. The molecule has 0 heterocycles. The molecule has 0 aromatic rings. The fraction of sp³-hybridized carbons (Fsp3) is 0.833. The second-order valence-corrected chi connectivity index (χ2v) is 4.65. The lowest BCUT2D eigenvalue weighted by Gasteiger charge is -2.21. The summed E-state index contributed by atoms with van der Waals surface area (Å²) in [4.78, 5) is 23.5. The molecule has 0 fully saturated rings. The molecule has 0 aromatic carbocycles. The Labute approximate surface area is 104 Å². The smallest absolute Gasteiger partial charge is 0.242 e. The van der Waals surface area contributed by atoms with Gasteiger partial charge >= 0.3 is 0 Å². The maximum atomic E-state index is 11.8. The van der Waals surface area contributed by atoms with Crippen LogP contribution in [-0.4, -0.2) is 31.4 Å². The molecule has 0 spiro atoms. The Bertz CT molecular complexity index is 250. The van der Waals surface area contributed by atoms with Crippen LogP contribution in [0.2, 0.25) is 0 Å². The number of nitrogens with two attached hydrogens (primary N) is 1. The number of carbonyl (C=O) groups is 2. The van der Waals surface area contributed by atoms with Crippen molar-refractivity contribution in [3.8, 4) is 0 Å². The molecule has 0 rings (SSSR count). The third-order valence-electron chi connectivity index (χ3n) is 2.73. The van der Waals surface area contributed by atoms with Gasteiger partial charge in [0, 0.05) is 19.5 Å². The lowest BCUT2D eigenvalue weighted by Crippen LogP contribution is -2.49. The molecule has 100 valence electrons. The van der Waals surface area contributed by atoms with Crippen molar-refractivity contribution in [1.29, 1.82) is 0 Å². The number of hydrogen-bond donors (Lipinski definition) is 3. The highest BCUT2D eigenvalue weighted by molar-refractivity contribution is 5.88. The minimum Gasteiger partial charge on any atom is -0.357 e. The first-order valence-corrected chi connectivity index (χ1v) is 6.18. The molecule has 0 bridgehead atoms. The van der Waals surface area contributed by atoms with Crippen LogP contribution in [0.1, 0.15) is 33.6 Å². The van der Waals surface area contributed by atoms with Gasteiger partial charge in [0.05, 0.1) is 0 Å². The van der Waals surface area contributed by atoms with Crippen molar-refractivity contribution in [2.24, 2.45) is 17.6 Å². The molecular weight excluding hydrogens is 218 g/mol. The monoisotopic (exact) mass is 243 g/mol. The lowest BCUT2D eigenvalue weighted by molar-refractivity contribution is -0.131. The van der Waals surface area contributed by atoms with Gasteiger partial charge in [0.1, 0.15) is 6.04 Å². The topological polar surface area (TPSA) is 84.2 Å². The highest BCUT2D eigenvalue weighted by Gasteiger charge is 2.23. The van der Waals surface area contributed by atoms with Crippen molar-refractivity contribution in [2.45, 2.75) is 39.7 Å². The molecule has 0 saturated heterocycles. The van der Waals surface area contributed by atoms with Crippen LogP contribution in [0.4, 0.5) is 0 Å². The minimum atomic E-state index is -0.465. The number of nitrogens with one attached hydrogen (secondary N) is 2. The summed E-state index contributed by atoms with van der Waals surface area (Å²) in [5.41, 5.74) is 5.51. The number of amides is 2. The van der Waals surface area contributed by atoms with Crippen LogP contribution < -0.4 is 16.4 Å². The quantitative estimate of drug-likeness (QED) is 0.599. The van der Waals surface area contributed by atoms with Crippen molar-refractivity contribution in [2.75, 3.05) is 13.6 Å². The summed E-state index contributed by atoms with van der Waals surface area (Å²) >= 11 is 0. The molecule has 0 radical (unpaired) electrons. The third kappa shape index (κ3) is 5.68. The molecule has 2 amide bonds. The maximum absolute atomic E-state index is 11.8. The van der Waals surface area contributed by atoms with Gasteiger partial charge in [0.15, 0.2) is 0 Å². The van der Waals surface area contributed by atoms with Crippen molar-refractivity contribution in [3.05, 3.63) is 0 Å². The van der Waals surface area contributed by atoms with Gasteiger partial charge < -0.3 is 16.4 Å². The van der Waals surface area contributed by atoms with Gasteiger partial charge in [-0.15, -0.1) is 0 Å². The zero-order valence-corrected chi connectivity index (χ0v) is 11.2. The summed E-state index contributed by atoms with van der Waals surface area (Å²) < 4.78 is 0. The molecule has 5 heteroatoms. The second-order valence-electron chi connectivity index (χ2n) is 4.65. The number of likely N-dealkylation sites (N-methyl/N-ethyl adjacent to an activating group) is 1. The first-order valence-electron chi connectivity index (χ1n) is 6.18. The Kier molecular flexibility index (Phi) is 7.54. The van der Waals surface area contributed by atoms with Crippen molar-refractivity contribution >= 4 is 11.8 Å². The maximum Gasteiger partial charge on any atom is 0.242 e. The molecule has 17 heavy (non-hydrogen) atoms. The Morgan fingerprint density at radius 1 is 1.24 bits per heavy atom. The normalized spacial score (nSPS) is 14.2. The largest absolute Gasteiger partial charge is 0.357 e. The van der Waals surface area contributed by atoms with Crippen LogP contribution >= 0.6 is 0 Å². The average molecular weight is 243 g/mol. The number of carbonyl (C=O) groups excluding carboxylic acids is 2. The van der Waals surface area contributed by atoms with Crippen LogP contribution in [0.25, 0.3) is 0 Å². The second kappa shape index (κ2) is 8.06. The zero-order chi connectivity index (χ0) is 13.4. The van der Waals surface area contributed by atoms with Crippen molar-refractivity contribution in [3.63, 3.8) is 0 Å². The van der Waals surface area contributed by atoms with E-state index < -0.39 is 6.04 Å². The summed E-state index contributed by atoms with van der Waals surface area (Å²) in [7, 11) is 1.57. The summed E-state index contributed by atoms with van der Waals surface area (Å²) in [6.45, 7) is 6.25. The summed E-state index contributed by atoms with van der Waals surface area (Å²) in [5.74, 6) is -0.159. The molecule has 0 aliphatic rings. The van der Waals surface area contributed by atoms with Gasteiger partial charge in [0.2, 0.25) is 11.8 Å². The van der Waals surface area contributed by atoms with Gasteiger partial charge in [-0.1, -0.05) is 20.8 Å². The van der Waals surface area contributed by atoms with E-state index in [1.165, 1.54) is 0 Å². The summed E-state index contributed by atoms with van der Waals surface area (Å²) in [6.07, 6.45) is 1.32. The predicted molar refractivity (Wildman–Crippen MR) is 68.3 cm³/mol. The van der Waals surface area contributed by atoms with E-state index in [1.807, 2.05) is 20.8 Å². The fourth-order valence-electron chi connectivity index (χ4n) is 1.63. The van der Waals surface area contributed by atoms with Gasteiger partial charge in [-0.25, -0.2) is 0 Å². The van der Waals surface area contributed by atoms with E-state index in [4.69, 9.17) is 5.73 Å². The first kappa shape index (κ1) is 15.9. The Balaban J connectivity index is 4.51. The highest BCUT2D eigenvalue weighted by atomic mass is 16.2. The van der Waals surface area contributed by atoms with Gasteiger partial charge in [0.25, 0.3) is 0 Å². The molecule has 0 saturated carbocycles. The SMILES string of the molecule is CCC(CN)C(=O)NC(CC(C)C)C(=O)NC.